The number of nitrogens with zero attached hydrogens (tertiary/aromatic N) is 1. The molecule has 0 saturated carbocycles. The molecule has 0 unspecified atom stereocenters. The fourth-order valence-electron chi connectivity index (χ4n) is 1.32. The number of hydrogen-bond acceptors (Lipinski definition) is 3. The smallest absolute Gasteiger partial charge is 0.225 e. The molecule has 4 nitrogen and oxygen atoms in total. The van der Waals surface area contributed by atoms with Crippen molar-refractivity contribution in [2.75, 3.05) is 20.7 Å². The highest BCUT2D eigenvalue weighted by Crippen LogP contribution is 2.17. The molecule has 1 rings (SSSR count). The van der Waals surface area contributed by atoms with Crippen LogP contribution in [0.5, 0.6) is 5.75 Å². The number of rotatable bonds is 5. The van der Waals surface area contributed by atoms with E-state index >= 15 is 0 Å². The van der Waals surface area contributed by atoms with E-state index in [1.807, 2.05) is 12.1 Å². The van der Waals surface area contributed by atoms with Gasteiger partial charge in [-0.2, -0.15) is 0 Å². The van der Waals surface area contributed by atoms with Crippen molar-refractivity contribution in [2.45, 2.75) is 19.4 Å². The summed E-state index contributed by atoms with van der Waals surface area (Å²) >= 11 is 0. The molecule has 0 bridgehead atoms. The van der Waals surface area contributed by atoms with Gasteiger partial charge in [0.1, 0.15) is 5.75 Å². The average Bonchev–Trinajstić information content (AvgIpc) is 2.29. The molecule has 1 aromatic carbocycles. The normalized spacial score (nSPS) is 12.0. The van der Waals surface area contributed by atoms with Crippen LogP contribution in [0.1, 0.15) is 25.0 Å². The highest BCUT2D eigenvalue weighted by molar-refractivity contribution is 5.75. The third-order valence-corrected chi connectivity index (χ3v) is 2.45. The standard InChI is InChI=1S/C13H19NO3/c1-10(15)11-4-6-12(7-5-11)17-9-8-13(16)14(2)3/h4-7,10,15H,8-9H2,1-3H3/t10-/m0/s1. The quantitative estimate of drug-likeness (QED) is 0.846. The first-order valence-electron chi connectivity index (χ1n) is 5.61. The van der Waals surface area contributed by atoms with Crippen LogP contribution in [-0.2, 0) is 4.79 Å². The highest BCUT2D eigenvalue weighted by Gasteiger charge is 2.04. The molecule has 0 aliphatic heterocycles. The van der Waals surface area contributed by atoms with Crippen LogP contribution in [0.3, 0.4) is 0 Å². The van der Waals surface area contributed by atoms with Crippen LogP contribution in [0.15, 0.2) is 24.3 Å². The Morgan fingerprint density at radius 3 is 2.41 bits per heavy atom. The highest BCUT2D eigenvalue weighted by atomic mass is 16.5. The molecule has 4 heteroatoms. The molecule has 0 saturated heterocycles. The van der Waals surface area contributed by atoms with Gasteiger partial charge < -0.3 is 14.7 Å². The predicted molar refractivity (Wildman–Crippen MR) is 65.9 cm³/mol. The van der Waals surface area contributed by atoms with Gasteiger partial charge in [-0.1, -0.05) is 12.1 Å². The van der Waals surface area contributed by atoms with E-state index in [4.69, 9.17) is 4.74 Å². The minimum Gasteiger partial charge on any atom is -0.493 e. The second kappa shape index (κ2) is 6.25. The number of aliphatic hydroxyl groups excluding tert-OH is 1. The maximum Gasteiger partial charge on any atom is 0.225 e. The number of amides is 1. The van der Waals surface area contributed by atoms with Gasteiger partial charge in [-0.15, -0.1) is 0 Å². The van der Waals surface area contributed by atoms with Gasteiger partial charge in [-0.3, -0.25) is 4.79 Å². The Kier molecular flexibility index (Phi) is 4.97. The zero-order valence-electron chi connectivity index (χ0n) is 10.5. The van der Waals surface area contributed by atoms with Gasteiger partial charge in [0.2, 0.25) is 5.91 Å². The molecule has 0 heterocycles. The minimum absolute atomic E-state index is 0.0469. The molecule has 0 radical (unpaired) electrons. The van der Waals surface area contributed by atoms with Gasteiger partial charge in [0.25, 0.3) is 0 Å². The van der Waals surface area contributed by atoms with Crippen LogP contribution in [0.4, 0.5) is 0 Å². The summed E-state index contributed by atoms with van der Waals surface area (Å²) in [7, 11) is 3.44. The minimum atomic E-state index is -0.473. The van der Waals surface area contributed by atoms with E-state index in [0.717, 1.165) is 5.56 Å². The van der Waals surface area contributed by atoms with E-state index in [2.05, 4.69) is 0 Å². The Morgan fingerprint density at radius 1 is 1.35 bits per heavy atom. The van der Waals surface area contributed by atoms with Crippen molar-refractivity contribution < 1.29 is 14.6 Å². The maximum atomic E-state index is 11.3. The van der Waals surface area contributed by atoms with Gasteiger partial charge in [-0.25, -0.2) is 0 Å². The summed E-state index contributed by atoms with van der Waals surface area (Å²) in [5.41, 5.74) is 0.849. The largest absolute Gasteiger partial charge is 0.493 e. The zero-order valence-corrected chi connectivity index (χ0v) is 10.5. The van der Waals surface area contributed by atoms with Gasteiger partial charge in [0.05, 0.1) is 19.1 Å². The fraction of sp³-hybridized carbons (Fsp3) is 0.462. The summed E-state index contributed by atoms with van der Waals surface area (Å²) < 4.78 is 5.43. The molecular weight excluding hydrogens is 218 g/mol. The van der Waals surface area contributed by atoms with Crippen molar-refractivity contribution in [3.05, 3.63) is 29.8 Å². The molecule has 1 amide bonds. The van der Waals surface area contributed by atoms with Crippen molar-refractivity contribution >= 4 is 5.91 Å². The van der Waals surface area contributed by atoms with E-state index in [1.165, 1.54) is 0 Å². The van der Waals surface area contributed by atoms with Crippen molar-refractivity contribution in [3.8, 4) is 5.75 Å². The van der Waals surface area contributed by atoms with Crippen molar-refractivity contribution in [2.24, 2.45) is 0 Å². The molecule has 0 fully saturated rings. The molecule has 17 heavy (non-hydrogen) atoms. The van der Waals surface area contributed by atoms with Crippen molar-refractivity contribution in [1.29, 1.82) is 0 Å². The van der Waals surface area contributed by atoms with Crippen molar-refractivity contribution in [3.63, 3.8) is 0 Å². The van der Waals surface area contributed by atoms with Gasteiger partial charge in [0, 0.05) is 14.1 Å². The second-order valence-corrected chi connectivity index (χ2v) is 4.13. The molecule has 1 N–H and O–H groups in total. The number of benzene rings is 1. The lowest BCUT2D eigenvalue weighted by molar-refractivity contribution is -0.129. The lowest BCUT2D eigenvalue weighted by atomic mass is 10.1. The molecule has 94 valence electrons. The summed E-state index contributed by atoms with van der Waals surface area (Å²) in [6.07, 6.45) is -0.107. The van der Waals surface area contributed by atoms with E-state index in [-0.39, 0.29) is 5.91 Å². The summed E-state index contributed by atoms with van der Waals surface area (Å²) in [6, 6.07) is 7.21. The first-order valence-corrected chi connectivity index (χ1v) is 5.61. The number of ether oxygens (including phenoxy) is 1. The Balaban J connectivity index is 2.40. The summed E-state index contributed by atoms with van der Waals surface area (Å²) in [5, 5.41) is 9.33. The van der Waals surface area contributed by atoms with E-state index in [0.29, 0.717) is 18.8 Å². The molecule has 0 aliphatic rings. The van der Waals surface area contributed by atoms with E-state index in [1.54, 1.807) is 38.1 Å². The average molecular weight is 237 g/mol. The summed E-state index contributed by atoms with van der Waals surface area (Å²) in [4.78, 5) is 12.8. The molecular formula is C13H19NO3. The first kappa shape index (κ1) is 13.5. The Morgan fingerprint density at radius 2 is 1.94 bits per heavy atom. The summed E-state index contributed by atoms with van der Waals surface area (Å²) in [6.45, 7) is 2.08. The van der Waals surface area contributed by atoms with Gasteiger partial charge >= 0.3 is 0 Å². The number of hydrogen-bond donors (Lipinski definition) is 1. The van der Waals surface area contributed by atoms with Gasteiger partial charge in [0.15, 0.2) is 0 Å². The van der Waals surface area contributed by atoms with Crippen LogP contribution in [0.25, 0.3) is 0 Å². The monoisotopic (exact) mass is 237 g/mol. The molecule has 0 aliphatic carbocycles. The van der Waals surface area contributed by atoms with Gasteiger partial charge in [-0.05, 0) is 24.6 Å². The van der Waals surface area contributed by atoms with Crippen LogP contribution >= 0.6 is 0 Å². The van der Waals surface area contributed by atoms with Crippen molar-refractivity contribution in [1.82, 2.24) is 4.90 Å². The number of carbonyl (C=O) groups is 1. The SMILES string of the molecule is C[C@H](O)c1ccc(OCCC(=O)N(C)C)cc1. The van der Waals surface area contributed by atoms with E-state index in [9.17, 15) is 9.90 Å². The Bertz CT molecular complexity index is 357. The number of aliphatic hydroxyl groups is 1. The molecule has 1 aromatic rings. The first-order chi connectivity index (χ1) is 8.00. The lowest BCUT2D eigenvalue weighted by Gasteiger charge is -2.11. The van der Waals surface area contributed by atoms with Crippen LogP contribution in [0.2, 0.25) is 0 Å². The Labute approximate surface area is 102 Å². The zero-order chi connectivity index (χ0) is 12.8. The topological polar surface area (TPSA) is 49.8 Å². The maximum absolute atomic E-state index is 11.3. The lowest BCUT2D eigenvalue weighted by Crippen LogP contribution is -2.23. The van der Waals surface area contributed by atoms with Crippen LogP contribution < -0.4 is 4.74 Å². The molecule has 0 spiro atoms. The van der Waals surface area contributed by atoms with E-state index < -0.39 is 6.10 Å². The van der Waals surface area contributed by atoms with Crippen LogP contribution in [0, 0.1) is 0 Å². The summed E-state index contributed by atoms with van der Waals surface area (Å²) in [5.74, 6) is 0.756. The molecule has 0 aromatic heterocycles. The predicted octanol–water partition coefficient (Wildman–Crippen LogP) is 1.60. The number of carbonyl (C=O) groups excluding carboxylic acids is 1. The Hall–Kier alpha value is -1.55. The fourth-order valence-corrected chi connectivity index (χ4v) is 1.32. The molecule has 1 atom stereocenters. The third kappa shape index (κ3) is 4.44. The third-order valence-electron chi connectivity index (χ3n) is 2.45. The second-order valence-electron chi connectivity index (χ2n) is 4.13. The van der Waals surface area contributed by atoms with Crippen LogP contribution in [-0.4, -0.2) is 36.6 Å².